The van der Waals surface area contributed by atoms with Crippen LogP contribution in [0.1, 0.15) is 0 Å². The van der Waals surface area contributed by atoms with Crippen molar-refractivity contribution in [2.24, 2.45) is 5.10 Å². The Labute approximate surface area is 173 Å². The maximum atomic E-state index is 4.73. The molecule has 0 aromatic heterocycles. The van der Waals surface area contributed by atoms with Gasteiger partial charge in [0.25, 0.3) is 0 Å². The van der Waals surface area contributed by atoms with E-state index < -0.39 is 0 Å². The molecule has 0 saturated heterocycles. The van der Waals surface area contributed by atoms with Gasteiger partial charge in [-0.2, -0.15) is 0 Å². The van der Waals surface area contributed by atoms with Gasteiger partial charge in [0, 0.05) is 0 Å². The van der Waals surface area contributed by atoms with Gasteiger partial charge in [-0.3, -0.25) is 5.43 Å². The summed E-state index contributed by atoms with van der Waals surface area (Å²) >= 11 is 15.1. The molecule has 0 unspecified atom stereocenters. The molecule has 0 aliphatic carbocycles. The maximum Gasteiger partial charge on any atom is 1.00 e. The van der Waals surface area contributed by atoms with Crippen LogP contribution < -0.4 is 108 Å². The summed E-state index contributed by atoms with van der Waals surface area (Å²) in [5.74, 6) is 0. The van der Waals surface area contributed by atoms with Crippen LogP contribution in [-0.4, -0.2) is 15.0 Å². The summed E-state index contributed by atoms with van der Waals surface area (Å²) in [5, 5.41) is 3.53. The second kappa shape index (κ2) is 13.6. The molecule has 2 nitrogen and oxygen atoms in total. The molecule has 0 aromatic rings. The first kappa shape index (κ1) is 20.1. The zero-order valence-electron chi connectivity index (χ0n) is 6.58. The third-order valence-electron chi connectivity index (χ3n) is 0.424. The Bertz CT molecular complexity index is 135. The van der Waals surface area contributed by atoms with Gasteiger partial charge in [0.15, 0.2) is 4.32 Å². The molecule has 0 spiro atoms. The zero-order chi connectivity index (χ0) is 7.28. The molecular formula is C3H4K2N2S4. The SMILES string of the molecule is CSC(=S)NN=C([S-])[S-].[K+].[K+]. The summed E-state index contributed by atoms with van der Waals surface area (Å²) < 4.78 is 0.716. The van der Waals surface area contributed by atoms with Crippen LogP contribution in [0.4, 0.5) is 0 Å². The first-order chi connectivity index (χ1) is 4.16. The second-order valence-corrected chi connectivity index (χ2v) is 3.50. The van der Waals surface area contributed by atoms with Crippen LogP contribution in [0.25, 0.3) is 0 Å². The fraction of sp³-hybridized carbons (Fsp3) is 0.333. The second-order valence-electron chi connectivity index (χ2n) is 0.981. The summed E-state index contributed by atoms with van der Waals surface area (Å²) in [5.41, 5.74) is 2.51. The summed E-state index contributed by atoms with van der Waals surface area (Å²) in [6, 6.07) is 0. The normalized spacial score (nSPS) is 6.64. The van der Waals surface area contributed by atoms with Crippen LogP contribution in [0.5, 0.6) is 0 Å². The van der Waals surface area contributed by atoms with E-state index >= 15 is 0 Å². The van der Waals surface area contributed by atoms with E-state index in [9.17, 15) is 0 Å². The van der Waals surface area contributed by atoms with Gasteiger partial charge < -0.3 is 25.3 Å². The molecule has 0 heterocycles. The molecule has 0 saturated carbocycles. The van der Waals surface area contributed by atoms with Gasteiger partial charge in [0.05, 0.1) is 0 Å². The zero-order valence-corrected chi connectivity index (χ0v) is 16.1. The predicted molar refractivity (Wildman–Crippen MR) is 51.4 cm³/mol. The largest absolute Gasteiger partial charge is 1.00 e. The molecule has 11 heavy (non-hydrogen) atoms. The first-order valence-electron chi connectivity index (χ1n) is 1.92. The molecule has 0 amide bonds. The van der Waals surface area contributed by atoms with Gasteiger partial charge in [-0.1, -0.05) is 24.0 Å². The molecule has 0 aliphatic rings. The van der Waals surface area contributed by atoms with E-state index in [1.54, 1.807) is 0 Å². The van der Waals surface area contributed by atoms with Crippen molar-refractivity contribution >= 4 is 57.9 Å². The molecule has 0 aromatic carbocycles. The fourth-order valence-corrected chi connectivity index (χ4v) is 0.411. The van der Waals surface area contributed by atoms with Crippen LogP contribution in [0.15, 0.2) is 5.10 Å². The van der Waals surface area contributed by atoms with Crippen molar-refractivity contribution in [1.82, 2.24) is 5.43 Å². The molecule has 52 valence electrons. The number of thiocarbonyl (C=S) groups is 1. The number of thioether (sulfide) groups is 1. The van der Waals surface area contributed by atoms with Gasteiger partial charge >= 0.3 is 103 Å². The Kier molecular flexibility index (Phi) is 24.9. The van der Waals surface area contributed by atoms with Crippen molar-refractivity contribution in [3.05, 3.63) is 0 Å². The number of rotatable bonds is 1. The van der Waals surface area contributed by atoms with Crippen molar-refractivity contribution in [2.45, 2.75) is 0 Å². The van der Waals surface area contributed by atoms with Crippen LogP contribution >= 0.6 is 24.0 Å². The average Bonchev–Trinajstić information content (AvgIpc) is 1.83. The molecule has 0 atom stereocenters. The smallest absolute Gasteiger partial charge is 0.787 e. The monoisotopic (exact) mass is 274 g/mol. The Morgan fingerprint density at radius 3 is 2.18 bits per heavy atom. The maximum absolute atomic E-state index is 4.73. The van der Waals surface area contributed by atoms with Crippen molar-refractivity contribution in [1.29, 1.82) is 0 Å². The van der Waals surface area contributed by atoms with E-state index in [0.717, 1.165) is 0 Å². The third kappa shape index (κ3) is 16.3. The summed E-state index contributed by atoms with van der Waals surface area (Å²) in [6.45, 7) is 0. The number of nitrogens with zero attached hydrogens (tertiary/aromatic N) is 1. The summed E-state index contributed by atoms with van der Waals surface area (Å²) in [6.07, 6.45) is 1.84. The molecule has 0 radical (unpaired) electrons. The molecule has 0 rings (SSSR count). The van der Waals surface area contributed by atoms with Gasteiger partial charge in [-0.15, -0.1) is 0 Å². The minimum Gasteiger partial charge on any atom is -0.787 e. The Hall–Kier alpha value is 3.62. The molecule has 1 N–H and O–H groups in total. The van der Waals surface area contributed by atoms with E-state index in [1.165, 1.54) is 11.8 Å². The molecule has 8 heteroatoms. The number of hydrogen-bond acceptors (Lipinski definition) is 5. The van der Waals surface area contributed by atoms with E-state index in [1.807, 2.05) is 6.26 Å². The van der Waals surface area contributed by atoms with E-state index in [2.05, 4.69) is 35.8 Å². The van der Waals surface area contributed by atoms with Crippen molar-refractivity contribution < 1.29 is 103 Å². The topological polar surface area (TPSA) is 24.4 Å². The minimum absolute atomic E-state index is 0. The number of nitrogens with one attached hydrogen (secondary N) is 1. The number of hydrazone groups is 1. The molecule has 0 aliphatic heterocycles. The van der Waals surface area contributed by atoms with Gasteiger partial charge in [0.2, 0.25) is 0 Å². The first-order valence-corrected chi connectivity index (χ1v) is 4.37. The van der Waals surface area contributed by atoms with Crippen molar-refractivity contribution in [3.8, 4) is 0 Å². The summed E-state index contributed by atoms with van der Waals surface area (Å²) in [7, 11) is 0. The van der Waals surface area contributed by atoms with Crippen LogP contribution in [-0.2, 0) is 25.3 Å². The fourth-order valence-electron chi connectivity index (χ4n) is 0.137. The van der Waals surface area contributed by atoms with Crippen LogP contribution in [0.3, 0.4) is 0 Å². The predicted octanol–water partition coefficient (Wildman–Crippen LogP) is -5.40. The van der Waals surface area contributed by atoms with Crippen LogP contribution in [0.2, 0.25) is 0 Å². The van der Waals surface area contributed by atoms with Gasteiger partial charge in [-0.05, 0) is 6.26 Å². The van der Waals surface area contributed by atoms with Crippen molar-refractivity contribution in [2.75, 3.05) is 6.26 Å². The van der Waals surface area contributed by atoms with Crippen LogP contribution in [0, 0.1) is 0 Å². The Morgan fingerprint density at radius 1 is 1.45 bits per heavy atom. The van der Waals surface area contributed by atoms with E-state index in [0.29, 0.717) is 4.32 Å². The quantitative estimate of drug-likeness (QED) is 0.129. The Morgan fingerprint density at radius 2 is 1.91 bits per heavy atom. The molecular weight excluding hydrogens is 271 g/mol. The van der Waals surface area contributed by atoms with Crippen molar-refractivity contribution in [3.63, 3.8) is 0 Å². The molecule has 0 fully saturated rings. The van der Waals surface area contributed by atoms with E-state index in [-0.39, 0.29) is 107 Å². The molecule has 0 bridgehead atoms. The minimum atomic E-state index is 0. The summed E-state index contributed by atoms with van der Waals surface area (Å²) in [4.78, 5) is 0. The Balaban J connectivity index is -0.000000320. The van der Waals surface area contributed by atoms with Gasteiger partial charge in [-0.25, -0.2) is 9.48 Å². The van der Waals surface area contributed by atoms with E-state index in [4.69, 9.17) is 12.2 Å². The number of hydrogen-bond donors (Lipinski definition) is 1. The third-order valence-corrected chi connectivity index (χ3v) is 1.66. The van der Waals surface area contributed by atoms with Gasteiger partial charge in [0.1, 0.15) is 0 Å². The average molecular weight is 275 g/mol. The standard InChI is InChI=1S/C3H6N2S4.2K/c1-9-3(8)5-4-2(6)7;;/h1H3,(H,5,8)(H2,4,6,7);;/q;2*+1/p-2.